The SMILES string of the molecule is C[C@H](N=Cc1ccncc1)C(=O)O. The Bertz CT molecular complexity index is 309. The van der Waals surface area contributed by atoms with E-state index in [0.29, 0.717) is 0 Å². The van der Waals surface area contributed by atoms with Crippen molar-refractivity contribution in [2.45, 2.75) is 13.0 Å². The highest BCUT2D eigenvalue weighted by molar-refractivity contribution is 5.82. The van der Waals surface area contributed by atoms with E-state index >= 15 is 0 Å². The summed E-state index contributed by atoms with van der Waals surface area (Å²) < 4.78 is 0. The normalized spacial score (nSPS) is 13.0. The van der Waals surface area contributed by atoms with Crippen molar-refractivity contribution in [3.63, 3.8) is 0 Å². The van der Waals surface area contributed by atoms with Crippen LogP contribution in [-0.4, -0.2) is 28.3 Å². The van der Waals surface area contributed by atoms with Gasteiger partial charge in [0, 0.05) is 18.6 Å². The number of carbonyl (C=O) groups is 1. The quantitative estimate of drug-likeness (QED) is 0.701. The van der Waals surface area contributed by atoms with E-state index in [9.17, 15) is 4.79 Å². The molecule has 0 saturated carbocycles. The van der Waals surface area contributed by atoms with Gasteiger partial charge in [0.2, 0.25) is 0 Å². The fourth-order valence-corrected chi connectivity index (χ4v) is 0.711. The zero-order valence-corrected chi connectivity index (χ0v) is 7.21. The third-order valence-electron chi connectivity index (χ3n) is 1.51. The van der Waals surface area contributed by atoms with Crippen molar-refractivity contribution in [3.05, 3.63) is 30.1 Å². The lowest BCUT2D eigenvalue weighted by molar-refractivity contribution is -0.137. The van der Waals surface area contributed by atoms with E-state index in [1.165, 1.54) is 13.1 Å². The summed E-state index contributed by atoms with van der Waals surface area (Å²) in [4.78, 5) is 18.1. The number of hydrogen-bond acceptors (Lipinski definition) is 3. The number of aliphatic carboxylic acids is 1. The summed E-state index contributed by atoms with van der Waals surface area (Å²) in [6.07, 6.45) is 4.79. The van der Waals surface area contributed by atoms with Gasteiger partial charge in [-0.2, -0.15) is 0 Å². The van der Waals surface area contributed by atoms with E-state index in [0.717, 1.165) is 5.56 Å². The predicted molar refractivity (Wildman–Crippen MR) is 48.9 cm³/mol. The molecular weight excluding hydrogens is 168 g/mol. The van der Waals surface area contributed by atoms with Crippen LogP contribution in [0, 0.1) is 0 Å². The van der Waals surface area contributed by atoms with Gasteiger partial charge in [0.1, 0.15) is 6.04 Å². The molecule has 0 bridgehead atoms. The largest absolute Gasteiger partial charge is 0.480 e. The molecule has 1 aromatic heterocycles. The summed E-state index contributed by atoms with van der Waals surface area (Å²) in [5.41, 5.74) is 0.850. The number of aliphatic imine (C=N–C) groups is 1. The minimum Gasteiger partial charge on any atom is -0.480 e. The number of nitrogens with zero attached hydrogens (tertiary/aromatic N) is 2. The molecular formula is C9H10N2O2. The van der Waals surface area contributed by atoms with E-state index < -0.39 is 12.0 Å². The van der Waals surface area contributed by atoms with Crippen LogP contribution in [0.3, 0.4) is 0 Å². The molecule has 68 valence electrons. The molecule has 0 fully saturated rings. The molecule has 0 spiro atoms. The summed E-state index contributed by atoms with van der Waals surface area (Å²) in [7, 11) is 0. The maximum absolute atomic E-state index is 10.4. The van der Waals surface area contributed by atoms with Gasteiger partial charge in [0.25, 0.3) is 0 Å². The highest BCUT2D eigenvalue weighted by Gasteiger charge is 2.05. The smallest absolute Gasteiger partial charge is 0.328 e. The zero-order valence-electron chi connectivity index (χ0n) is 7.21. The Morgan fingerprint density at radius 3 is 2.77 bits per heavy atom. The van der Waals surface area contributed by atoms with E-state index in [2.05, 4.69) is 9.98 Å². The molecule has 0 aromatic carbocycles. The molecule has 0 aliphatic heterocycles. The number of rotatable bonds is 3. The average Bonchev–Trinajstić information content (AvgIpc) is 2.15. The maximum Gasteiger partial charge on any atom is 0.328 e. The molecule has 0 unspecified atom stereocenters. The minimum absolute atomic E-state index is 0.701. The second kappa shape index (κ2) is 4.35. The van der Waals surface area contributed by atoms with Crippen molar-refractivity contribution < 1.29 is 9.90 Å². The Kier molecular flexibility index (Phi) is 3.14. The van der Waals surface area contributed by atoms with Gasteiger partial charge in [-0.1, -0.05) is 0 Å². The van der Waals surface area contributed by atoms with Crippen LogP contribution in [0.4, 0.5) is 0 Å². The van der Waals surface area contributed by atoms with Crippen molar-refractivity contribution in [2.75, 3.05) is 0 Å². The summed E-state index contributed by atoms with van der Waals surface area (Å²) in [6.45, 7) is 1.53. The monoisotopic (exact) mass is 178 g/mol. The molecule has 1 heterocycles. The number of carboxylic acid groups (broad SMARTS) is 1. The van der Waals surface area contributed by atoms with Crippen LogP contribution in [0.15, 0.2) is 29.5 Å². The topological polar surface area (TPSA) is 62.5 Å². The fraction of sp³-hybridized carbons (Fsp3) is 0.222. The van der Waals surface area contributed by atoms with Gasteiger partial charge in [-0.15, -0.1) is 0 Å². The molecule has 0 saturated heterocycles. The lowest BCUT2D eigenvalue weighted by Gasteiger charge is -1.97. The van der Waals surface area contributed by atoms with E-state index in [1.807, 2.05) is 0 Å². The summed E-state index contributed by atoms with van der Waals surface area (Å²) in [5, 5.41) is 8.53. The molecule has 4 nitrogen and oxygen atoms in total. The molecule has 0 amide bonds. The van der Waals surface area contributed by atoms with Crippen molar-refractivity contribution >= 4 is 12.2 Å². The first kappa shape index (κ1) is 9.38. The Balaban J connectivity index is 2.64. The first-order valence-corrected chi connectivity index (χ1v) is 3.86. The Hall–Kier alpha value is -1.71. The second-order valence-corrected chi connectivity index (χ2v) is 2.57. The van der Waals surface area contributed by atoms with Crippen LogP contribution >= 0.6 is 0 Å². The summed E-state index contributed by atoms with van der Waals surface area (Å²) in [6, 6.07) is 2.82. The maximum atomic E-state index is 10.4. The number of pyridine rings is 1. The predicted octanol–water partition coefficient (Wildman–Crippen LogP) is 0.974. The van der Waals surface area contributed by atoms with Gasteiger partial charge in [-0.3, -0.25) is 9.98 Å². The van der Waals surface area contributed by atoms with Crippen LogP contribution < -0.4 is 0 Å². The molecule has 4 heteroatoms. The summed E-state index contributed by atoms with van der Waals surface area (Å²) >= 11 is 0. The fourth-order valence-electron chi connectivity index (χ4n) is 0.711. The van der Waals surface area contributed by atoms with Crippen molar-refractivity contribution in [1.82, 2.24) is 4.98 Å². The molecule has 0 radical (unpaired) electrons. The Labute approximate surface area is 76.0 Å². The van der Waals surface area contributed by atoms with Crippen molar-refractivity contribution in [2.24, 2.45) is 4.99 Å². The minimum atomic E-state index is -0.926. The number of carboxylic acids is 1. The molecule has 1 N–H and O–H groups in total. The lowest BCUT2D eigenvalue weighted by atomic mass is 10.3. The molecule has 0 aliphatic carbocycles. The zero-order chi connectivity index (χ0) is 9.68. The number of hydrogen-bond donors (Lipinski definition) is 1. The third-order valence-corrected chi connectivity index (χ3v) is 1.51. The van der Waals surface area contributed by atoms with Crippen LogP contribution in [0.25, 0.3) is 0 Å². The van der Waals surface area contributed by atoms with Crippen LogP contribution in [-0.2, 0) is 4.79 Å². The second-order valence-electron chi connectivity index (χ2n) is 2.57. The lowest BCUT2D eigenvalue weighted by Crippen LogP contribution is -2.13. The van der Waals surface area contributed by atoms with Crippen molar-refractivity contribution in [1.29, 1.82) is 0 Å². The molecule has 0 aliphatic rings. The van der Waals surface area contributed by atoms with Crippen LogP contribution in [0.2, 0.25) is 0 Å². The highest BCUT2D eigenvalue weighted by atomic mass is 16.4. The molecule has 1 aromatic rings. The van der Waals surface area contributed by atoms with Gasteiger partial charge < -0.3 is 5.11 Å². The van der Waals surface area contributed by atoms with Gasteiger partial charge >= 0.3 is 5.97 Å². The highest BCUT2D eigenvalue weighted by Crippen LogP contribution is 1.94. The van der Waals surface area contributed by atoms with Crippen LogP contribution in [0.5, 0.6) is 0 Å². The summed E-state index contributed by atoms with van der Waals surface area (Å²) in [5.74, 6) is -0.926. The third kappa shape index (κ3) is 3.02. The van der Waals surface area contributed by atoms with E-state index in [4.69, 9.17) is 5.11 Å². The standard InChI is InChI=1S/C9H10N2O2/c1-7(9(12)13)11-6-8-2-4-10-5-3-8/h2-7H,1H3,(H,12,13)/t7-/m0/s1. The van der Waals surface area contributed by atoms with E-state index in [-0.39, 0.29) is 0 Å². The van der Waals surface area contributed by atoms with Gasteiger partial charge in [-0.25, -0.2) is 4.79 Å². The van der Waals surface area contributed by atoms with Gasteiger partial charge in [0.15, 0.2) is 0 Å². The van der Waals surface area contributed by atoms with Crippen LogP contribution in [0.1, 0.15) is 12.5 Å². The van der Waals surface area contributed by atoms with Crippen molar-refractivity contribution in [3.8, 4) is 0 Å². The first-order valence-electron chi connectivity index (χ1n) is 3.86. The molecule has 1 rings (SSSR count). The Morgan fingerprint density at radius 2 is 2.23 bits per heavy atom. The Morgan fingerprint density at radius 1 is 1.62 bits per heavy atom. The number of aromatic nitrogens is 1. The van der Waals surface area contributed by atoms with Gasteiger partial charge in [0.05, 0.1) is 0 Å². The average molecular weight is 178 g/mol. The molecule has 1 atom stereocenters. The van der Waals surface area contributed by atoms with Gasteiger partial charge in [-0.05, 0) is 24.6 Å². The van der Waals surface area contributed by atoms with E-state index in [1.54, 1.807) is 24.5 Å². The molecule has 13 heavy (non-hydrogen) atoms. The first-order chi connectivity index (χ1) is 6.20.